The first-order valence-corrected chi connectivity index (χ1v) is 4.18. The number of aryl methyl sites for hydroxylation is 2. The molecule has 0 bridgehead atoms. The van der Waals surface area contributed by atoms with E-state index in [4.69, 9.17) is 4.42 Å². The Morgan fingerprint density at radius 1 is 1.55 bits per heavy atom. The third kappa shape index (κ3) is 1.11. The molecule has 0 saturated carbocycles. The molecule has 1 aliphatic carbocycles. The minimum Gasteiger partial charge on any atom is -0.461 e. The quantitative estimate of drug-likeness (QED) is 0.596. The molecule has 0 fully saturated rings. The molecule has 2 rings (SSSR count). The molecule has 0 saturated heterocycles. The van der Waals surface area contributed by atoms with Crippen molar-refractivity contribution in [3.05, 3.63) is 29.2 Å². The summed E-state index contributed by atoms with van der Waals surface area (Å²) in [7, 11) is 0. The number of hydrogen-bond donors (Lipinski definition) is 0. The standard InChI is InChI=1S/C10H12O/c1-2-9-7-8-5-3-4-6-10(8)11-9/h4,6-7H,2-3,5H2,1H3. The average molecular weight is 148 g/mol. The zero-order valence-corrected chi connectivity index (χ0v) is 6.76. The van der Waals surface area contributed by atoms with Crippen LogP contribution in [0.1, 0.15) is 30.4 Å². The summed E-state index contributed by atoms with van der Waals surface area (Å²) >= 11 is 0. The van der Waals surface area contributed by atoms with Crippen LogP contribution >= 0.6 is 0 Å². The highest BCUT2D eigenvalue weighted by atomic mass is 16.3. The van der Waals surface area contributed by atoms with Crippen LogP contribution in [0.15, 0.2) is 16.6 Å². The fourth-order valence-corrected chi connectivity index (χ4v) is 1.44. The van der Waals surface area contributed by atoms with Crippen molar-refractivity contribution in [2.24, 2.45) is 0 Å². The van der Waals surface area contributed by atoms with Crippen LogP contribution in [0.3, 0.4) is 0 Å². The molecule has 0 spiro atoms. The van der Waals surface area contributed by atoms with Crippen molar-refractivity contribution < 1.29 is 4.42 Å². The third-order valence-electron chi connectivity index (χ3n) is 2.09. The first-order valence-electron chi connectivity index (χ1n) is 4.18. The van der Waals surface area contributed by atoms with Crippen LogP contribution in [0.4, 0.5) is 0 Å². The Hall–Kier alpha value is -0.980. The molecule has 1 heterocycles. The Labute approximate surface area is 66.7 Å². The van der Waals surface area contributed by atoms with Gasteiger partial charge in [0, 0.05) is 6.42 Å². The van der Waals surface area contributed by atoms with Crippen molar-refractivity contribution in [1.29, 1.82) is 0 Å². The highest BCUT2D eigenvalue weighted by molar-refractivity contribution is 5.51. The molecule has 0 N–H and O–H groups in total. The Morgan fingerprint density at radius 3 is 3.18 bits per heavy atom. The second kappa shape index (κ2) is 2.57. The summed E-state index contributed by atoms with van der Waals surface area (Å²) in [6.45, 7) is 2.12. The molecule has 1 aromatic rings. The molecule has 0 amide bonds. The van der Waals surface area contributed by atoms with Gasteiger partial charge in [-0.25, -0.2) is 0 Å². The van der Waals surface area contributed by atoms with Crippen LogP contribution in [0.25, 0.3) is 6.08 Å². The minimum atomic E-state index is 1.00. The van der Waals surface area contributed by atoms with E-state index >= 15 is 0 Å². The van der Waals surface area contributed by atoms with E-state index in [1.54, 1.807) is 0 Å². The molecular formula is C10H12O. The van der Waals surface area contributed by atoms with Crippen LogP contribution in [0.2, 0.25) is 0 Å². The van der Waals surface area contributed by atoms with Gasteiger partial charge in [-0.2, -0.15) is 0 Å². The smallest absolute Gasteiger partial charge is 0.129 e. The lowest BCUT2D eigenvalue weighted by molar-refractivity contribution is 0.504. The number of rotatable bonds is 1. The lowest BCUT2D eigenvalue weighted by Gasteiger charge is -1.99. The first kappa shape index (κ1) is 6.71. The topological polar surface area (TPSA) is 13.1 Å². The second-order valence-electron chi connectivity index (χ2n) is 2.90. The van der Waals surface area contributed by atoms with Crippen molar-refractivity contribution in [1.82, 2.24) is 0 Å². The van der Waals surface area contributed by atoms with Gasteiger partial charge in [0.15, 0.2) is 0 Å². The highest BCUT2D eigenvalue weighted by Gasteiger charge is 2.09. The maximum atomic E-state index is 5.57. The number of fused-ring (bicyclic) bond motifs is 1. The van der Waals surface area contributed by atoms with Crippen LogP contribution < -0.4 is 0 Å². The van der Waals surface area contributed by atoms with Crippen molar-refractivity contribution >= 4 is 6.08 Å². The summed E-state index contributed by atoms with van der Waals surface area (Å²) in [5, 5.41) is 0. The summed E-state index contributed by atoms with van der Waals surface area (Å²) in [4.78, 5) is 0. The van der Waals surface area contributed by atoms with Gasteiger partial charge in [0.05, 0.1) is 0 Å². The average Bonchev–Trinajstić information content (AvgIpc) is 2.46. The van der Waals surface area contributed by atoms with Gasteiger partial charge in [0.25, 0.3) is 0 Å². The fourth-order valence-electron chi connectivity index (χ4n) is 1.44. The van der Waals surface area contributed by atoms with Crippen LogP contribution in [-0.4, -0.2) is 0 Å². The Balaban J connectivity index is 2.42. The molecule has 0 atom stereocenters. The molecular weight excluding hydrogens is 136 g/mol. The minimum absolute atomic E-state index is 1.00. The summed E-state index contributed by atoms with van der Waals surface area (Å²) in [6.07, 6.45) is 7.56. The SMILES string of the molecule is CCc1cc2c(o1)C=CCC2. The lowest BCUT2D eigenvalue weighted by atomic mass is 10.1. The van der Waals surface area contributed by atoms with E-state index in [0.29, 0.717) is 0 Å². The molecule has 1 heteroatoms. The van der Waals surface area contributed by atoms with Gasteiger partial charge in [0.2, 0.25) is 0 Å². The summed E-state index contributed by atoms with van der Waals surface area (Å²) in [5.41, 5.74) is 1.38. The molecule has 0 aromatic carbocycles. The maximum absolute atomic E-state index is 5.57. The van der Waals surface area contributed by atoms with Crippen molar-refractivity contribution in [2.75, 3.05) is 0 Å². The molecule has 0 radical (unpaired) electrons. The predicted molar refractivity (Wildman–Crippen MR) is 45.4 cm³/mol. The van der Waals surface area contributed by atoms with Crippen molar-refractivity contribution in [3.63, 3.8) is 0 Å². The monoisotopic (exact) mass is 148 g/mol. The van der Waals surface area contributed by atoms with E-state index in [-0.39, 0.29) is 0 Å². The van der Waals surface area contributed by atoms with Gasteiger partial charge < -0.3 is 4.42 Å². The summed E-state index contributed by atoms with van der Waals surface area (Å²) in [6, 6.07) is 2.18. The van der Waals surface area contributed by atoms with Crippen LogP contribution in [-0.2, 0) is 12.8 Å². The summed E-state index contributed by atoms with van der Waals surface area (Å²) < 4.78 is 5.57. The Bertz CT molecular complexity index is 281. The first-order chi connectivity index (χ1) is 5.40. The van der Waals surface area contributed by atoms with E-state index in [2.05, 4.69) is 25.1 Å². The predicted octanol–water partition coefficient (Wildman–Crippen LogP) is 2.80. The van der Waals surface area contributed by atoms with Gasteiger partial charge in [-0.05, 0) is 30.5 Å². The third-order valence-corrected chi connectivity index (χ3v) is 2.09. The van der Waals surface area contributed by atoms with E-state index in [1.807, 2.05) is 0 Å². The zero-order chi connectivity index (χ0) is 7.68. The van der Waals surface area contributed by atoms with Crippen molar-refractivity contribution in [3.8, 4) is 0 Å². The lowest BCUT2D eigenvalue weighted by Crippen LogP contribution is -1.87. The second-order valence-corrected chi connectivity index (χ2v) is 2.90. The Morgan fingerprint density at radius 2 is 2.45 bits per heavy atom. The van der Waals surface area contributed by atoms with Gasteiger partial charge in [-0.15, -0.1) is 0 Å². The normalized spacial score (nSPS) is 15.0. The van der Waals surface area contributed by atoms with Crippen LogP contribution in [0, 0.1) is 0 Å². The zero-order valence-electron chi connectivity index (χ0n) is 6.76. The summed E-state index contributed by atoms with van der Waals surface area (Å²) in [5.74, 6) is 2.19. The molecule has 11 heavy (non-hydrogen) atoms. The van der Waals surface area contributed by atoms with Gasteiger partial charge >= 0.3 is 0 Å². The fraction of sp³-hybridized carbons (Fsp3) is 0.400. The molecule has 1 aliphatic rings. The molecule has 1 nitrogen and oxygen atoms in total. The molecule has 0 unspecified atom stereocenters. The maximum Gasteiger partial charge on any atom is 0.129 e. The van der Waals surface area contributed by atoms with E-state index < -0.39 is 0 Å². The molecule has 0 aliphatic heterocycles. The van der Waals surface area contributed by atoms with E-state index in [1.165, 1.54) is 5.56 Å². The van der Waals surface area contributed by atoms with E-state index in [0.717, 1.165) is 30.8 Å². The van der Waals surface area contributed by atoms with Gasteiger partial charge in [-0.1, -0.05) is 13.0 Å². The van der Waals surface area contributed by atoms with Crippen molar-refractivity contribution in [2.45, 2.75) is 26.2 Å². The molecule has 1 aromatic heterocycles. The molecule has 58 valence electrons. The van der Waals surface area contributed by atoms with Crippen LogP contribution in [0.5, 0.6) is 0 Å². The largest absolute Gasteiger partial charge is 0.461 e. The number of allylic oxidation sites excluding steroid dienone is 1. The Kier molecular flexibility index (Phi) is 1.57. The van der Waals surface area contributed by atoms with Gasteiger partial charge in [-0.3, -0.25) is 0 Å². The highest BCUT2D eigenvalue weighted by Crippen LogP contribution is 2.22. The van der Waals surface area contributed by atoms with Gasteiger partial charge in [0.1, 0.15) is 11.5 Å². The van der Waals surface area contributed by atoms with E-state index in [9.17, 15) is 0 Å². The number of hydrogen-bond acceptors (Lipinski definition) is 1. The number of furan rings is 1.